The molecule has 0 aromatic carbocycles. The Kier molecular flexibility index (Phi) is 4.96. The lowest BCUT2D eigenvalue weighted by atomic mass is 9.91. The van der Waals surface area contributed by atoms with Crippen LogP contribution in [0.3, 0.4) is 0 Å². The van der Waals surface area contributed by atoms with Crippen LogP contribution in [0.15, 0.2) is 18.5 Å². The highest BCUT2D eigenvalue weighted by Crippen LogP contribution is 2.30. The van der Waals surface area contributed by atoms with Crippen LogP contribution >= 0.6 is 0 Å². The second kappa shape index (κ2) is 7.54. The summed E-state index contributed by atoms with van der Waals surface area (Å²) in [7, 11) is 0. The Morgan fingerprint density at radius 1 is 1.11 bits per heavy atom. The van der Waals surface area contributed by atoms with Crippen molar-refractivity contribution in [2.45, 2.75) is 45.1 Å². The number of aromatic nitrogens is 4. The third kappa shape index (κ3) is 3.48. The number of hydrogen-bond acceptors (Lipinski definition) is 4. The van der Waals surface area contributed by atoms with Gasteiger partial charge >= 0.3 is 0 Å². The van der Waals surface area contributed by atoms with Crippen LogP contribution in [0.2, 0.25) is 0 Å². The van der Waals surface area contributed by atoms with E-state index in [0.29, 0.717) is 24.3 Å². The van der Waals surface area contributed by atoms with Crippen LogP contribution in [0.4, 0.5) is 0 Å². The number of hydrogen-bond donors (Lipinski definition) is 1. The molecule has 2 fully saturated rings. The third-order valence-corrected chi connectivity index (χ3v) is 5.67. The number of nitrogens with one attached hydrogen (secondary N) is 1. The van der Waals surface area contributed by atoms with Crippen molar-refractivity contribution in [3.05, 3.63) is 35.4 Å². The Hall–Kier alpha value is -2.64. The molecule has 0 bridgehead atoms. The monoisotopic (exact) mass is 370 g/mol. The Labute approximate surface area is 158 Å². The first-order valence-electron chi connectivity index (χ1n) is 9.82. The molecule has 2 aliphatic heterocycles. The largest absolute Gasteiger partial charge is 0.339 e. The molecule has 27 heavy (non-hydrogen) atoms. The smallest absolute Gasteiger partial charge is 0.274 e. The number of carbonyl (C=O) groups excluding carboxylic acids is 2. The number of rotatable bonds is 4. The minimum atomic E-state index is -0.0152. The van der Waals surface area contributed by atoms with E-state index in [0.717, 1.165) is 51.0 Å². The number of H-pyrrole nitrogens is 1. The van der Waals surface area contributed by atoms with Gasteiger partial charge in [-0.2, -0.15) is 10.2 Å². The van der Waals surface area contributed by atoms with Crippen molar-refractivity contribution in [1.82, 2.24) is 29.8 Å². The molecule has 8 heteroatoms. The van der Waals surface area contributed by atoms with Crippen LogP contribution in [0.5, 0.6) is 0 Å². The summed E-state index contributed by atoms with van der Waals surface area (Å²) in [5.74, 6) is 0.296. The maximum atomic E-state index is 12.8. The molecule has 2 aliphatic rings. The predicted molar refractivity (Wildman–Crippen MR) is 99.5 cm³/mol. The van der Waals surface area contributed by atoms with Crippen molar-refractivity contribution < 1.29 is 9.59 Å². The molecule has 0 radical (unpaired) electrons. The van der Waals surface area contributed by atoms with Gasteiger partial charge in [0.2, 0.25) is 0 Å². The zero-order chi connectivity index (χ0) is 18.8. The van der Waals surface area contributed by atoms with Crippen LogP contribution < -0.4 is 0 Å². The molecule has 144 valence electrons. The molecule has 0 atom stereocenters. The summed E-state index contributed by atoms with van der Waals surface area (Å²) in [4.78, 5) is 29.2. The fourth-order valence-electron chi connectivity index (χ4n) is 4.05. The molecule has 2 amide bonds. The van der Waals surface area contributed by atoms with Gasteiger partial charge in [0.15, 0.2) is 0 Å². The van der Waals surface area contributed by atoms with Gasteiger partial charge in [0.05, 0.1) is 17.5 Å². The summed E-state index contributed by atoms with van der Waals surface area (Å²) < 4.78 is 1.76. The lowest BCUT2D eigenvalue weighted by molar-refractivity contribution is 0.0701. The lowest BCUT2D eigenvalue weighted by Crippen LogP contribution is -2.38. The van der Waals surface area contributed by atoms with Crippen molar-refractivity contribution in [2.24, 2.45) is 0 Å². The van der Waals surface area contributed by atoms with E-state index in [4.69, 9.17) is 0 Å². The highest BCUT2D eigenvalue weighted by atomic mass is 16.2. The summed E-state index contributed by atoms with van der Waals surface area (Å²) in [6, 6.07) is 1.78. The molecule has 0 saturated carbocycles. The fraction of sp³-hybridized carbons (Fsp3) is 0.579. The Bertz CT molecular complexity index is 812. The van der Waals surface area contributed by atoms with Crippen LogP contribution in [0.25, 0.3) is 0 Å². The van der Waals surface area contributed by atoms with Gasteiger partial charge < -0.3 is 9.80 Å². The Morgan fingerprint density at radius 2 is 1.81 bits per heavy atom. The quantitative estimate of drug-likeness (QED) is 0.890. The van der Waals surface area contributed by atoms with E-state index in [1.807, 2.05) is 22.9 Å². The number of nitrogens with zero attached hydrogens (tertiary/aromatic N) is 5. The topological polar surface area (TPSA) is 87.1 Å². The lowest BCUT2D eigenvalue weighted by Gasteiger charge is -2.31. The molecule has 0 spiro atoms. The number of amides is 2. The van der Waals surface area contributed by atoms with Gasteiger partial charge in [-0.05, 0) is 38.7 Å². The van der Waals surface area contributed by atoms with Gasteiger partial charge in [0.25, 0.3) is 11.8 Å². The highest BCUT2D eigenvalue weighted by molar-refractivity contribution is 5.95. The number of likely N-dealkylation sites (tertiary alicyclic amines) is 2. The first kappa shape index (κ1) is 17.8. The average molecular weight is 370 g/mol. The Balaban J connectivity index is 1.40. The average Bonchev–Trinajstić information content (AvgIpc) is 3.48. The minimum absolute atomic E-state index is 0.0152. The maximum absolute atomic E-state index is 12.8. The van der Waals surface area contributed by atoms with E-state index < -0.39 is 0 Å². The van der Waals surface area contributed by atoms with E-state index >= 15 is 0 Å². The number of aromatic amines is 1. The molecular weight excluding hydrogens is 344 g/mol. The molecule has 2 saturated heterocycles. The Morgan fingerprint density at radius 3 is 2.48 bits per heavy atom. The molecule has 2 aromatic rings. The van der Waals surface area contributed by atoms with Crippen LogP contribution in [0.1, 0.15) is 65.1 Å². The molecule has 0 aliphatic carbocycles. The van der Waals surface area contributed by atoms with E-state index in [1.165, 1.54) is 0 Å². The normalized spacial score (nSPS) is 18.3. The maximum Gasteiger partial charge on any atom is 0.274 e. The van der Waals surface area contributed by atoms with Gasteiger partial charge in [-0.3, -0.25) is 19.4 Å². The van der Waals surface area contributed by atoms with Crippen molar-refractivity contribution in [3.8, 4) is 0 Å². The second-order valence-electron chi connectivity index (χ2n) is 7.32. The highest BCUT2D eigenvalue weighted by Gasteiger charge is 2.31. The molecule has 4 heterocycles. The first-order valence-corrected chi connectivity index (χ1v) is 9.82. The number of carbonyl (C=O) groups is 2. The van der Waals surface area contributed by atoms with Crippen LogP contribution in [0, 0.1) is 0 Å². The molecule has 0 unspecified atom stereocenters. The predicted octanol–water partition coefficient (Wildman–Crippen LogP) is 1.88. The SMILES string of the molecule is CCn1ccc(C(=O)N2CCC(c3[nH]ncc3C(=O)N3CCCC3)CC2)n1. The summed E-state index contributed by atoms with van der Waals surface area (Å²) in [6.07, 6.45) is 7.29. The van der Waals surface area contributed by atoms with Gasteiger partial charge in [0, 0.05) is 44.8 Å². The van der Waals surface area contributed by atoms with Gasteiger partial charge in [-0.15, -0.1) is 0 Å². The van der Waals surface area contributed by atoms with Gasteiger partial charge in [0.1, 0.15) is 5.69 Å². The van der Waals surface area contributed by atoms with Gasteiger partial charge in [-0.1, -0.05) is 0 Å². The first-order chi connectivity index (χ1) is 13.2. The van der Waals surface area contributed by atoms with E-state index in [9.17, 15) is 9.59 Å². The number of piperidine rings is 1. The van der Waals surface area contributed by atoms with E-state index in [2.05, 4.69) is 15.3 Å². The molecular formula is C19H26N6O2. The van der Waals surface area contributed by atoms with Crippen molar-refractivity contribution in [1.29, 1.82) is 0 Å². The number of aryl methyl sites for hydroxylation is 1. The van der Waals surface area contributed by atoms with E-state index in [-0.39, 0.29) is 17.7 Å². The van der Waals surface area contributed by atoms with Crippen molar-refractivity contribution in [2.75, 3.05) is 26.2 Å². The second-order valence-corrected chi connectivity index (χ2v) is 7.32. The molecule has 8 nitrogen and oxygen atoms in total. The molecule has 1 N–H and O–H groups in total. The molecule has 4 rings (SSSR count). The third-order valence-electron chi connectivity index (χ3n) is 5.67. The molecule has 2 aromatic heterocycles. The summed E-state index contributed by atoms with van der Waals surface area (Å²) in [5.41, 5.74) is 2.12. The van der Waals surface area contributed by atoms with Gasteiger partial charge in [-0.25, -0.2) is 0 Å². The summed E-state index contributed by atoms with van der Waals surface area (Å²) in [6.45, 7) is 5.75. The zero-order valence-corrected chi connectivity index (χ0v) is 15.7. The van der Waals surface area contributed by atoms with Crippen LogP contribution in [-0.4, -0.2) is 67.8 Å². The van der Waals surface area contributed by atoms with Crippen LogP contribution in [-0.2, 0) is 6.54 Å². The van der Waals surface area contributed by atoms with Crippen molar-refractivity contribution in [3.63, 3.8) is 0 Å². The minimum Gasteiger partial charge on any atom is -0.339 e. The van der Waals surface area contributed by atoms with E-state index in [1.54, 1.807) is 16.9 Å². The van der Waals surface area contributed by atoms with Crippen molar-refractivity contribution >= 4 is 11.8 Å². The standard InChI is InChI=1S/C19H26N6O2/c1-2-25-12-7-16(22-25)19(27)24-10-5-14(6-11-24)17-15(13-20-21-17)18(26)23-8-3-4-9-23/h7,12-14H,2-6,8-11H2,1H3,(H,20,21). The summed E-state index contributed by atoms with van der Waals surface area (Å²) in [5, 5.41) is 11.5. The summed E-state index contributed by atoms with van der Waals surface area (Å²) >= 11 is 0. The zero-order valence-electron chi connectivity index (χ0n) is 15.7. The fourth-order valence-corrected chi connectivity index (χ4v) is 4.05.